The number of H-pyrrole nitrogens is 1. The molecule has 62 valence electrons. The van der Waals surface area contributed by atoms with Crippen LogP contribution in [0.3, 0.4) is 0 Å². The third-order valence-electron chi connectivity index (χ3n) is 1.29. The fourth-order valence-corrected chi connectivity index (χ4v) is 1.40. The second-order valence-corrected chi connectivity index (χ2v) is 2.90. The molecule has 0 saturated heterocycles. The summed E-state index contributed by atoms with van der Waals surface area (Å²) in [5.74, 6) is -0.789. The van der Waals surface area contributed by atoms with Gasteiger partial charge in [0, 0.05) is 6.20 Å². The van der Waals surface area contributed by atoms with Gasteiger partial charge >= 0.3 is 5.76 Å². The number of aromatic amines is 1. The summed E-state index contributed by atoms with van der Waals surface area (Å²) in [6.45, 7) is 0. The molecule has 2 aromatic heterocycles. The summed E-state index contributed by atoms with van der Waals surface area (Å²) in [4.78, 5) is 13.3. The minimum Gasteiger partial charge on any atom is -0.492 e. The molecule has 6 heteroatoms. The summed E-state index contributed by atoms with van der Waals surface area (Å²) < 4.78 is 8.47. The second-order valence-electron chi connectivity index (χ2n) is 2.07. The van der Waals surface area contributed by atoms with Gasteiger partial charge in [-0.25, -0.2) is 9.17 Å². The van der Waals surface area contributed by atoms with Crippen LogP contribution in [-0.4, -0.2) is 14.5 Å². The molecule has 0 saturated carbocycles. The maximum Gasteiger partial charge on any atom is 0.419 e. The van der Waals surface area contributed by atoms with Crippen LogP contribution in [-0.2, 0) is 0 Å². The third kappa shape index (κ3) is 1.02. The molecule has 0 aliphatic rings. The van der Waals surface area contributed by atoms with Crippen LogP contribution < -0.4 is 5.76 Å². The maximum atomic E-state index is 10.6. The summed E-state index contributed by atoms with van der Waals surface area (Å²) >= 11 is 1.14. The van der Waals surface area contributed by atoms with E-state index in [1.54, 1.807) is 12.3 Å². The number of aromatic nitrogens is 2. The first-order chi connectivity index (χ1) is 5.77. The van der Waals surface area contributed by atoms with E-state index in [0.717, 1.165) is 11.5 Å². The first-order valence-corrected chi connectivity index (χ1v) is 3.88. The molecule has 5 nitrogen and oxygen atoms in total. The van der Waals surface area contributed by atoms with E-state index in [2.05, 4.69) is 13.8 Å². The molecule has 0 aliphatic carbocycles. The predicted molar refractivity (Wildman–Crippen MR) is 42.1 cm³/mol. The molecule has 0 bridgehead atoms. The Kier molecular flexibility index (Phi) is 1.47. The number of nitrogens with zero attached hydrogens (tertiary/aromatic N) is 1. The smallest absolute Gasteiger partial charge is 0.419 e. The van der Waals surface area contributed by atoms with E-state index in [-0.39, 0.29) is 11.6 Å². The largest absolute Gasteiger partial charge is 0.492 e. The lowest BCUT2D eigenvalue weighted by molar-refractivity contribution is 0.453. The van der Waals surface area contributed by atoms with E-state index in [4.69, 9.17) is 5.11 Å². The average Bonchev–Trinajstić information content (AvgIpc) is 2.58. The van der Waals surface area contributed by atoms with Gasteiger partial charge in [0.1, 0.15) is 0 Å². The van der Waals surface area contributed by atoms with Gasteiger partial charge < -0.3 is 9.52 Å². The Bertz CT molecular complexity index is 428. The molecule has 2 rings (SSSR count). The van der Waals surface area contributed by atoms with E-state index in [1.807, 2.05) is 0 Å². The minimum absolute atomic E-state index is 0.141. The molecule has 12 heavy (non-hydrogen) atoms. The molecule has 0 radical (unpaired) electrons. The average molecular weight is 184 g/mol. The molecule has 0 aliphatic heterocycles. The zero-order valence-corrected chi connectivity index (χ0v) is 6.59. The molecular weight excluding hydrogens is 180 g/mol. The maximum absolute atomic E-state index is 10.6. The van der Waals surface area contributed by atoms with Crippen LogP contribution in [0.2, 0.25) is 0 Å². The Morgan fingerprint density at radius 1 is 1.67 bits per heavy atom. The van der Waals surface area contributed by atoms with E-state index >= 15 is 0 Å². The number of hydrogen-bond acceptors (Lipinski definition) is 5. The first-order valence-electron chi connectivity index (χ1n) is 3.10. The van der Waals surface area contributed by atoms with Crippen LogP contribution in [0.15, 0.2) is 21.5 Å². The van der Waals surface area contributed by atoms with E-state index in [9.17, 15) is 4.79 Å². The lowest BCUT2D eigenvalue weighted by Gasteiger charge is -1.86. The highest BCUT2D eigenvalue weighted by atomic mass is 32.1. The van der Waals surface area contributed by atoms with Crippen LogP contribution in [0.5, 0.6) is 5.88 Å². The zero-order valence-electron chi connectivity index (χ0n) is 5.77. The standard InChI is InChI=1S/C6H4N2O3S/c9-5-4(11-6(10)8-5)3-1-2-7-12-3/h1-2,9H,(H,8,10). The molecule has 0 atom stereocenters. The van der Waals surface area contributed by atoms with Gasteiger partial charge in [-0.2, -0.15) is 0 Å². The predicted octanol–water partition coefficient (Wildman–Crippen LogP) is 0.797. The lowest BCUT2D eigenvalue weighted by Crippen LogP contribution is -1.92. The SMILES string of the molecule is O=c1[nH]c(O)c(-c2ccns2)o1. The highest BCUT2D eigenvalue weighted by Gasteiger charge is 2.11. The molecule has 2 N–H and O–H groups in total. The number of oxazole rings is 1. The van der Waals surface area contributed by atoms with Gasteiger partial charge in [-0.3, -0.25) is 4.98 Å². The monoisotopic (exact) mass is 184 g/mol. The third-order valence-corrected chi connectivity index (χ3v) is 2.04. The zero-order chi connectivity index (χ0) is 8.55. The Morgan fingerprint density at radius 3 is 3.00 bits per heavy atom. The summed E-state index contributed by atoms with van der Waals surface area (Å²) in [5, 5.41) is 9.13. The molecule has 0 amide bonds. The van der Waals surface area contributed by atoms with Crippen molar-refractivity contribution >= 4 is 11.5 Å². The highest BCUT2D eigenvalue weighted by Crippen LogP contribution is 2.28. The van der Waals surface area contributed by atoms with E-state index in [1.165, 1.54) is 0 Å². The number of hydrogen-bond donors (Lipinski definition) is 2. The Balaban J connectivity index is 2.61. The summed E-state index contributed by atoms with van der Waals surface area (Å²) in [6, 6.07) is 1.65. The van der Waals surface area contributed by atoms with Crippen LogP contribution in [0.25, 0.3) is 10.6 Å². The van der Waals surface area contributed by atoms with E-state index < -0.39 is 5.76 Å². The number of aromatic hydroxyl groups is 1. The topological polar surface area (TPSA) is 79.1 Å². The Hall–Kier alpha value is -1.56. The van der Waals surface area contributed by atoms with Gasteiger partial charge in [0.15, 0.2) is 0 Å². The fraction of sp³-hybridized carbons (Fsp3) is 0. The molecule has 2 aromatic rings. The van der Waals surface area contributed by atoms with Gasteiger partial charge in [-0.15, -0.1) is 0 Å². The van der Waals surface area contributed by atoms with Crippen molar-refractivity contribution in [2.45, 2.75) is 0 Å². The van der Waals surface area contributed by atoms with Crippen molar-refractivity contribution in [3.63, 3.8) is 0 Å². The quantitative estimate of drug-likeness (QED) is 0.686. The summed E-state index contributed by atoms with van der Waals surface area (Å²) in [7, 11) is 0. The first kappa shape index (κ1) is 7.11. The van der Waals surface area contributed by atoms with Crippen LogP contribution >= 0.6 is 11.5 Å². The van der Waals surface area contributed by atoms with Crippen molar-refractivity contribution in [3.05, 3.63) is 22.8 Å². The van der Waals surface area contributed by atoms with Crippen molar-refractivity contribution in [1.82, 2.24) is 9.36 Å². The molecule has 0 fully saturated rings. The number of nitrogens with one attached hydrogen (secondary N) is 1. The van der Waals surface area contributed by atoms with Gasteiger partial charge in [0.25, 0.3) is 0 Å². The molecule has 0 unspecified atom stereocenters. The molecular formula is C6H4N2O3S. The van der Waals surface area contributed by atoms with Gasteiger partial charge in [0.2, 0.25) is 11.6 Å². The highest BCUT2D eigenvalue weighted by molar-refractivity contribution is 7.09. The molecule has 2 heterocycles. The molecule has 0 aromatic carbocycles. The van der Waals surface area contributed by atoms with Crippen LogP contribution in [0.1, 0.15) is 0 Å². The van der Waals surface area contributed by atoms with Crippen molar-refractivity contribution < 1.29 is 9.52 Å². The fourth-order valence-electron chi connectivity index (χ4n) is 0.820. The van der Waals surface area contributed by atoms with E-state index in [0.29, 0.717) is 4.88 Å². The van der Waals surface area contributed by atoms with Gasteiger partial charge in [-0.1, -0.05) is 0 Å². The Morgan fingerprint density at radius 2 is 2.50 bits per heavy atom. The van der Waals surface area contributed by atoms with Crippen molar-refractivity contribution in [1.29, 1.82) is 0 Å². The second kappa shape index (κ2) is 2.49. The number of rotatable bonds is 1. The lowest BCUT2D eigenvalue weighted by atomic mass is 10.4. The molecule has 0 spiro atoms. The Labute approximate surface area is 70.5 Å². The summed E-state index contributed by atoms with van der Waals surface area (Å²) in [6.07, 6.45) is 1.56. The van der Waals surface area contributed by atoms with Gasteiger partial charge in [-0.05, 0) is 17.6 Å². The van der Waals surface area contributed by atoms with Gasteiger partial charge in [0.05, 0.1) is 4.88 Å². The van der Waals surface area contributed by atoms with Crippen molar-refractivity contribution in [2.75, 3.05) is 0 Å². The minimum atomic E-state index is -0.670. The summed E-state index contributed by atoms with van der Waals surface area (Å²) in [5.41, 5.74) is 0. The van der Waals surface area contributed by atoms with Crippen LogP contribution in [0.4, 0.5) is 0 Å². The van der Waals surface area contributed by atoms with Crippen molar-refractivity contribution in [2.24, 2.45) is 0 Å². The van der Waals surface area contributed by atoms with Crippen molar-refractivity contribution in [3.8, 4) is 16.5 Å². The van der Waals surface area contributed by atoms with Crippen LogP contribution in [0, 0.1) is 0 Å². The normalized spacial score (nSPS) is 10.3.